The topological polar surface area (TPSA) is 26.0 Å². The van der Waals surface area contributed by atoms with Crippen LogP contribution in [-0.4, -0.2) is 4.98 Å². The van der Waals surface area contributed by atoms with Crippen LogP contribution in [-0.2, 0) is 0 Å². The summed E-state index contributed by atoms with van der Waals surface area (Å²) < 4.78 is 6.44. The lowest BCUT2D eigenvalue weighted by Crippen LogP contribution is -1.93. The molecule has 2 heterocycles. The fourth-order valence-electron chi connectivity index (χ4n) is 8.33. The molecular weight excluding hydrogens is 643 g/mol. The Morgan fingerprint density at radius 1 is 0.321 bits per heavy atom. The molecule has 0 N–H and O–H groups in total. The smallest absolute Gasteiger partial charge is 0.143 e. The van der Waals surface area contributed by atoms with Crippen molar-refractivity contribution in [3.05, 3.63) is 188 Å². The Kier molecular flexibility index (Phi) is 6.59. The Morgan fingerprint density at radius 3 is 1.49 bits per heavy atom. The number of rotatable bonds is 5. The van der Waals surface area contributed by atoms with Crippen molar-refractivity contribution >= 4 is 54.3 Å². The molecule has 9 aromatic carbocycles. The molecule has 53 heavy (non-hydrogen) atoms. The number of benzene rings is 9. The maximum atomic E-state index is 6.44. The average Bonchev–Trinajstić information content (AvgIpc) is 3.62. The van der Waals surface area contributed by atoms with Gasteiger partial charge in [-0.15, -0.1) is 0 Å². The Labute approximate surface area is 306 Å². The van der Waals surface area contributed by atoms with Crippen LogP contribution in [0.2, 0.25) is 0 Å². The van der Waals surface area contributed by atoms with Gasteiger partial charge in [0.1, 0.15) is 11.2 Å². The molecule has 0 radical (unpaired) electrons. The third-order valence-electron chi connectivity index (χ3n) is 10.8. The first-order chi connectivity index (χ1) is 26.3. The number of pyridine rings is 1. The van der Waals surface area contributed by atoms with Crippen LogP contribution in [0.1, 0.15) is 0 Å². The van der Waals surface area contributed by atoms with Gasteiger partial charge in [-0.25, -0.2) is 4.98 Å². The van der Waals surface area contributed by atoms with E-state index in [2.05, 4.69) is 176 Å². The van der Waals surface area contributed by atoms with Crippen LogP contribution in [0.4, 0.5) is 0 Å². The van der Waals surface area contributed by atoms with Gasteiger partial charge in [-0.1, -0.05) is 164 Å². The number of fused-ring (bicyclic) bond motifs is 3. The third kappa shape index (κ3) is 4.77. The van der Waals surface area contributed by atoms with Crippen molar-refractivity contribution in [2.75, 3.05) is 0 Å². The molecule has 0 spiro atoms. The molecule has 246 valence electrons. The predicted octanol–water partition coefficient (Wildman–Crippen LogP) is 14.2. The normalized spacial score (nSPS) is 11.8. The van der Waals surface area contributed by atoms with Crippen molar-refractivity contribution in [2.24, 2.45) is 0 Å². The van der Waals surface area contributed by atoms with Gasteiger partial charge in [-0.2, -0.15) is 0 Å². The van der Waals surface area contributed by atoms with Gasteiger partial charge in [-0.05, 0) is 84.4 Å². The Hall–Kier alpha value is -7.03. The highest BCUT2D eigenvalue weighted by atomic mass is 16.3. The molecule has 0 aliphatic carbocycles. The molecule has 0 atom stereocenters. The maximum Gasteiger partial charge on any atom is 0.143 e. The van der Waals surface area contributed by atoms with Gasteiger partial charge < -0.3 is 4.42 Å². The molecule has 0 aliphatic rings. The lowest BCUT2D eigenvalue weighted by Gasteiger charge is -2.17. The third-order valence-corrected chi connectivity index (χ3v) is 10.8. The second-order valence-corrected chi connectivity index (χ2v) is 13.9. The van der Waals surface area contributed by atoms with Crippen LogP contribution in [0.5, 0.6) is 0 Å². The Balaban J connectivity index is 1.10. The molecule has 11 aromatic rings. The van der Waals surface area contributed by atoms with Crippen LogP contribution < -0.4 is 0 Å². The van der Waals surface area contributed by atoms with E-state index in [0.29, 0.717) is 0 Å². The fourth-order valence-corrected chi connectivity index (χ4v) is 8.33. The van der Waals surface area contributed by atoms with Gasteiger partial charge in [0.2, 0.25) is 0 Å². The van der Waals surface area contributed by atoms with E-state index in [9.17, 15) is 0 Å². The van der Waals surface area contributed by atoms with Crippen molar-refractivity contribution in [2.45, 2.75) is 0 Å². The molecular formula is C51H31NO. The van der Waals surface area contributed by atoms with E-state index in [0.717, 1.165) is 61.1 Å². The summed E-state index contributed by atoms with van der Waals surface area (Å²) >= 11 is 0. The molecule has 2 nitrogen and oxygen atoms in total. The minimum absolute atomic E-state index is 0.914. The van der Waals surface area contributed by atoms with E-state index in [4.69, 9.17) is 9.40 Å². The molecule has 11 rings (SSSR count). The van der Waals surface area contributed by atoms with E-state index in [1.165, 1.54) is 49.0 Å². The summed E-state index contributed by atoms with van der Waals surface area (Å²) in [5.74, 6) is 0. The van der Waals surface area contributed by atoms with Crippen LogP contribution >= 0.6 is 0 Å². The van der Waals surface area contributed by atoms with E-state index in [-0.39, 0.29) is 0 Å². The summed E-state index contributed by atoms with van der Waals surface area (Å²) in [7, 11) is 0. The molecule has 0 saturated carbocycles. The van der Waals surface area contributed by atoms with Crippen molar-refractivity contribution in [1.82, 2.24) is 4.98 Å². The summed E-state index contributed by atoms with van der Waals surface area (Å²) in [4.78, 5) is 5.16. The summed E-state index contributed by atoms with van der Waals surface area (Å²) in [6, 6.07) is 67.4. The highest BCUT2D eigenvalue weighted by Gasteiger charge is 2.18. The highest BCUT2D eigenvalue weighted by Crippen LogP contribution is 2.44. The second kappa shape index (κ2) is 11.8. The minimum Gasteiger partial charge on any atom is -0.455 e. The standard InChI is InChI=1S/C51H31NO/c1-3-11-32(12-4-1)46-30-38(31-47(52-46)33-13-5-2-6-14-33)40-26-22-35-23-27-43-39(25-21-34-24-28-44(40)50(35)49(34)43)36-15-9-16-37(29-36)41-18-10-19-45-42-17-7-8-20-48(42)53-51(41)45/h1-31H. The van der Waals surface area contributed by atoms with Gasteiger partial charge in [-0.3, -0.25) is 0 Å². The molecule has 0 bridgehead atoms. The molecule has 0 aliphatic heterocycles. The quantitative estimate of drug-likeness (QED) is 0.170. The Bertz CT molecular complexity index is 3100. The monoisotopic (exact) mass is 673 g/mol. The first-order valence-corrected chi connectivity index (χ1v) is 18.1. The zero-order valence-electron chi connectivity index (χ0n) is 28.8. The number of para-hydroxylation sites is 2. The first-order valence-electron chi connectivity index (χ1n) is 18.1. The fraction of sp³-hybridized carbons (Fsp3) is 0. The lowest BCUT2D eigenvalue weighted by molar-refractivity contribution is 0.670. The number of hydrogen-bond donors (Lipinski definition) is 0. The van der Waals surface area contributed by atoms with Crippen molar-refractivity contribution < 1.29 is 4.42 Å². The molecule has 0 amide bonds. The second-order valence-electron chi connectivity index (χ2n) is 13.9. The largest absolute Gasteiger partial charge is 0.455 e. The number of furan rings is 1. The van der Waals surface area contributed by atoms with Crippen LogP contribution in [0.15, 0.2) is 192 Å². The van der Waals surface area contributed by atoms with E-state index >= 15 is 0 Å². The van der Waals surface area contributed by atoms with Gasteiger partial charge in [0.05, 0.1) is 11.4 Å². The maximum absolute atomic E-state index is 6.44. The molecule has 2 aromatic heterocycles. The summed E-state index contributed by atoms with van der Waals surface area (Å²) in [6.07, 6.45) is 0. The van der Waals surface area contributed by atoms with Crippen LogP contribution in [0.3, 0.4) is 0 Å². The first kappa shape index (κ1) is 29.7. The van der Waals surface area contributed by atoms with Crippen LogP contribution in [0.25, 0.3) is 110 Å². The number of aromatic nitrogens is 1. The summed E-state index contributed by atoms with van der Waals surface area (Å²) in [6.45, 7) is 0. The van der Waals surface area contributed by atoms with E-state index < -0.39 is 0 Å². The van der Waals surface area contributed by atoms with Crippen molar-refractivity contribution in [3.63, 3.8) is 0 Å². The van der Waals surface area contributed by atoms with E-state index in [1.54, 1.807) is 0 Å². The summed E-state index contributed by atoms with van der Waals surface area (Å²) in [5.41, 5.74) is 13.0. The molecule has 2 heteroatoms. The summed E-state index contributed by atoms with van der Waals surface area (Å²) in [5, 5.41) is 9.85. The van der Waals surface area contributed by atoms with Crippen molar-refractivity contribution in [1.29, 1.82) is 0 Å². The van der Waals surface area contributed by atoms with Gasteiger partial charge in [0.25, 0.3) is 0 Å². The average molecular weight is 674 g/mol. The Morgan fingerprint density at radius 2 is 0.830 bits per heavy atom. The van der Waals surface area contributed by atoms with Crippen molar-refractivity contribution in [3.8, 4) is 55.9 Å². The van der Waals surface area contributed by atoms with Gasteiger partial charge >= 0.3 is 0 Å². The van der Waals surface area contributed by atoms with Gasteiger partial charge in [0, 0.05) is 27.5 Å². The van der Waals surface area contributed by atoms with Gasteiger partial charge in [0.15, 0.2) is 0 Å². The number of nitrogens with zero attached hydrogens (tertiary/aromatic N) is 1. The minimum atomic E-state index is 0.914. The molecule has 0 fully saturated rings. The van der Waals surface area contributed by atoms with Crippen LogP contribution in [0, 0.1) is 0 Å². The molecule has 0 saturated heterocycles. The lowest BCUT2D eigenvalue weighted by atomic mass is 9.86. The molecule has 0 unspecified atom stereocenters. The zero-order valence-corrected chi connectivity index (χ0v) is 28.8. The SMILES string of the molecule is c1ccc(-c2cc(-c3ccc4ccc5c(-c6cccc(-c7cccc8c7oc7ccccc78)c6)ccc6ccc3c4c65)cc(-c3ccccc3)n2)cc1. The highest BCUT2D eigenvalue weighted by molar-refractivity contribution is 6.27. The predicted molar refractivity (Wildman–Crippen MR) is 222 cm³/mol. The number of hydrogen-bond acceptors (Lipinski definition) is 2. The zero-order chi connectivity index (χ0) is 34.9. The van der Waals surface area contributed by atoms with E-state index in [1.807, 2.05) is 12.1 Å².